The summed E-state index contributed by atoms with van der Waals surface area (Å²) in [5, 5.41) is 4.25. The van der Waals surface area contributed by atoms with Gasteiger partial charge in [-0.25, -0.2) is 9.97 Å². The number of nitrogen functional groups attached to an aromatic ring is 1. The van der Waals surface area contributed by atoms with Crippen LogP contribution in [0, 0.1) is 6.92 Å². The van der Waals surface area contributed by atoms with E-state index in [1.54, 1.807) is 12.4 Å². The fourth-order valence-electron chi connectivity index (χ4n) is 2.08. The summed E-state index contributed by atoms with van der Waals surface area (Å²) in [6.45, 7) is 1.93. The van der Waals surface area contributed by atoms with Crippen molar-refractivity contribution in [2.45, 2.75) is 6.92 Å². The molecule has 0 spiro atoms. The molecule has 29 heavy (non-hydrogen) atoms. The molecule has 0 aliphatic heterocycles. The predicted molar refractivity (Wildman–Crippen MR) is 124 cm³/mol. The van der Waals surface area contributed by atoms with Gasteiger partial charge in [0.15, 0.2) is 5.15 Å². The standard InChI is InChI=1S/C11H9ClN2.C6H6ClN.C6H7N/c12-11-10(7-4-8-13-11)14-9-5-2-1-3-6-9;1-5-3-2-4-8-6(5)7;7-6-4-2-1-3-5-6/h1-8,14H;2-4H,1H3;1-5H,7H2. The van der Waals surface area contributed by atoms with Crippen molar-refractivity contribution in [3.8, 4) is 0 Å². The fourth-order valence-corrected chi connectivity index (χ4v) is 2.36. The van der Waals surface area contributed by atoms with Crippen LogP contribution in [0.2, 0.25) is 10.3 Å². The van der Waals surface area contributed by atoms with E-state index >= 15 is 0 Å². The van der Waals surface area contributed by atoms with E-state index in [4.69, 9.17) is 28.9 Å². The van der Waals surface area contributed by atoms with Gasteiger partial charge in [-0.2, -0.15) is 0 Å². The third-order valence-electron chi connectivity index (χ3n) is 3.56. The van der Waals surface area contributed by atoms with Gasteiger partial charge in [0.2, 0.25) is 0 Å². The molecule has 0 amide bonds. The first kappa shape index (κ1) is 22.2. The van der Waals surface area contributed by atoms with Crippen molar-refractivity contribution in [2.75, 3.05) is 11.1 Å². The number of hydrogen-bond acceptors (Lipinski definition) is 4. The molecule has 3 N–H and O–H groups in total. The lowest BCUT2D eigenvalue weighted by Gasteiger charge is -2.06. The summed E-state index contributed by atoms with van der Waals surface area (Å²) in [5.74, 6) is 0. The van der Waals surface area contributed by atoms with Crippen LogP contribution in [0.4, 0.5) is 17.1 Å². The Balaban J connectivity index is 0.000000170. The lowest BCUT2D eigenvalue weighted by Crippen LogP contribution is -1.91. The van der Waals surface area contributed by atoms with Crippen molar-refractivity contribution in [2.24, 2.45) is 0 Å². The van der Waals surface area contributed by atoms with Crippen LogP contribution in [0.25, 0.3) is 0 Å². The first-order valence-corrected chi connectivity index (χ1v) is 9.62. The first-order valence-electron chi connectivity index (χ1n) is 8.86. The summed E-state index contributed by atoms with van der Waals surface area (Å²) < 4.78 is 0. The molecule has 0 saturated carbocycles. The van der Waals surface area contributed by atoms with Crippen molar-refractivity contribution >= 4 is 40.3 Å². The van der Waals surface area contributed by atoms with Gasteiger partial charge in [0, 0.05) is 23.8 Å². The Morgan fingerprint density at radius 2 is 1.24 bits per heavy atom. The summed E-state index contributed by atoms with van der Waals surface area (Å²) in [7, 11) is 0. The number of rotatable bonds is 2. The van der Waals surface area contributed by atoms with Crippen LogP contribution in [-0.2, 0) is 0 Å². The summed E-state index contributed by atoms with van der Waals surface area (Å²) >= 11 is 11.5. The number of nitrogens with zero attached hydrogens (tertiary/aromatic N) is 2. The molecule has 0 atom stereocenters. The normalized spacial score (nSPS) is 9.34. The van der Waals surface area contributed by atoms with Crippen LogP contribution in [0.3, 0.4) is 0 Å². The molecule has 0 aliphatic carbocycles. The Hall–Kier alpha value is -3.08. The summed E-state index contributed by atoms with van der Waals surface area (Å²) in [6, 6.07) is 26.9. The second-order valence-corrected chi connectivity index (χ2v) is 6.57. The largest absolute Gasteiger partial charge is 0.399 e. The molecule has 0 bridgehead atoms. The molecule has 0 unspecified atom stereocenters. The van der Waals surface area contributed by atoms with Crippen molar-refractivity contribution in [1.82, 2.24) is 9.97 Å². The van der Waals surface area contributed by atoms with Crippen molar-refractivity contribution in [1.29, 1.82) is 0 Å². The third kappa shape index (κ3) is 8.64. The molecule has 2 aromatic heterocycles. The monoisotopic (exact) mass is 424 g/mol. The van der Waals surface area contributed by atoms with Crippen LogP contribution in [0.1, 0.15) is 5.56 Å². The van der Waals surface area contributed by atoms with Gasteiger partial charge in [-0.1, -0.05) is 65.7 Å². The number of pyridine rings is 2. The maximum Gasteiger partial charge on any atom is 0.152 e. The highest BCUT2D eigenvalue weighted by Crippen LogP contribution is 2.22. The number of benzene rings is 2. The number of aromatic nitrogens is 2. The van der Waals surface area contributed by atoms with Gasteiger partial charge in [-0.15, -0.1) is 0 Å². The minimum Gasteiger partial charge on any atom is -0.399 e. The SMILES string of the molecule is Cc1cccnc1Cl.Clc1ncccc1Nc1ccccc1.Nc1ccccc1. The van der Waals surface area contributed by atoms with E-state index in [0.717, 1.165) is 22.6 Å². The molecule has 4 nitrogen and oxygen atoms in total. The molecule has 148 valence electrons. The number of anilines is 3. The minimum atomic E-state index is 0.483. The molecule has 4 rings (SSSR count). The molecule has 0 radical (unpaired) electrons. The number of halogens is 2. The van der Waals surface area contributed by atoms with Gasteiger partial charge in [-0.05, 0) is 55.0 Å². The topological polar surface area (TPSA) is 63.8 Å². The minimum absolute atomic E-state index is 0.483. The lowest BCUT2D eigenvalue weighted by molar-refractivity contribution is 1.27. The molecule has 0 aliphatic rings. The molecular weight excluding hydrogens is 403 g/mol. The second-order valence-electron chi connectivity index (χ2n) is 5.85. The van der Waals surface area contributed by atoms with Crippen molar-refractivity contribution in [3.05, 3.63) is 113 Å². The highest BCUT2D eigenvalue weighted by atomic mass is 35.5. The summed E-state index contributed by atoms with van der Waals surface area (Å²) in [5.41, 5.74) is 9.02. The maximum atomic E-state index is 5.90. The number of nitrogens with one attached hydrogen (secondary N) is 1. The van der Waals surface area contributed by atoms with E-state index in [1.165, 1.54) is 0 Å². The van der Waals surface area contributed by atoms with Gasteiger partial charge in [-0.3, -0.25) is 0 Å². The van der Waals surface area contributed by atoms with E-state index < -0.39 is 0 Å². The van der Waals surface area contributed by atoms with Gasteiger partial charge in [0.25, 0.3) is 0 Å². The first-order chi connectivity index (χ1) is 14.1. The van der Waals surface area contributed by atoms with E-state index in [2.05, 4.69) is 15.3 Å². The average Bonchev–Trinajstić information content (AvgIpc) is 2.74. The fraction of sp³-hybridized carbons (Fsp3) is 0.0435. The number of nitrogens with two attached hydrogens (primary N) is 1. The Bertz CT molecular complexity index is 959. The second kappa shape index (κ2) is 12.4. The molecule has 6 heteroatoms. The maximum absolute atomic E-state index is 5.90. The number of hydrogen-bond donors (Lipinski definition) is 2. The number of para-hydroxylation sites is 2. The van der Waals surface area contributed by atoms with Crippen molar-refractivity contribution < 1.29 is 0 Å². The van der Waals surface area contributed by atoms with E-state index in [9.17, 15) is 0 Å². The molecule has 4 aromatic rings. The zero-order valence-electron chi connectivity index (χ0n) is 16.0. The summed E-state index contributed by atoms with van der Waals surface area (Å²) in [4.78, 5) is 7.82. The quantitative estimate of drug-likeness (QED) is 0.274. The lowest BCUT2D eigenvalue weighted by atomic mass is 10.3. The molecule has 0 fully saturated rings. The highest BCUT2D eigenvalue weighted by molar-refractivity contribution is 6.32. The van der Waals surface area contributed by atoms with Gasteiger partial charge < -0.3 is 11.1 Å². The smallest absolute Gasteiger partial charge is 0.152 e. The zero-order valence-corrected chi connectivity index (χ0v) is 17.5. The Labute approximate surface area is 181 Å². The van der Waals surface area contributed by atoms with E-state index in [-0.39, 0.29) is 0 Å². The van der Waals surface area contributed by atoms with Crippen LogP contribution in [0.15, 0.2) is 97.3 Å². The van der Waals surface area contributed by atoms with E-state index in [0.29, 0.717) is 10.3 Å². The Morgan fingerprint density at radius 3 is 1.69 bits per heavy atom. The molecular formula is C23H22Cl2N4. The molecule has 0 saturated heterocycles. The zero-order chi connectivity index (χ0) is 20.9. The Kier molecular flexibility index (Phi) is 9.49. The van der Waals surface area contributed by atoms with Gasteiger partial charge in [0.05, 0.1) is 5.69 Å². The Morgan fingerprint density at radius 1 is 0.690 bits per heavy atom. The van der Waals surface area contributed by atoms with Gasteiger partial charge >= 0.3 is 0 Å². The van der Waals surface area contributed by atoms with Crippen molar-refractivity contribution in [3.63, 3.8) is 0 Å². The predicted octanol–water partition coefficient (Wildman–Crippen LogP) is 6.79. The van der Waals surface area contributed by atoms with Crippen LogP contribution in [0.5, 0.6) is 0 Å². The molecule has 2 heterocycles. The molecule has 2 aromatic carbocycles. The third-order valence-corrected chi connectivity index (χ3v) is 4.25. The number of aryl methyl sites for hydroxylation is 1. The van der Waals surface area contributed by atoms with Gasteiger partial charge in [0.1, 0.15) is 5.15 Å². The van der Waals surface area contributed by atoms with E-state index in [1.807, 2.05) is 91.9 Å². The average molecular weight is 425 g/mol. The highest BCUT2D eigenvalue weighted by Gasteiger charge is 1.98. The van der Waals surface area contributed by atoms with Crippen LogP contribution < -0.4 is 11.1 Å². The van der Waals surface area contributed by atoms with Crippen LogP contribution in [-0.4, -0.2) is 9.97 Å². The summed E-state index contributed by atoms with van der Waals surface area (Å²) in [6.07, 6.45) is 3.34. The van der Waals surface area contributed by atoms with Crippen LogP contribution >= 0.6 is 23.2 Å².